The van der Waals surface area contributed by atoms with Crippen LogP contribution >= 0.6 is 24.8 Å². The number of thiol groups is 1. The van der Waals surface area contributed by atoms with Crippen LogP contribution in [-0.2, 0) is 4.79 Å². The van der Waals surface area contributed by atoms with Gasteiger partial charge in [0.15, 0.2) is 4.32 Å². The van der Waals surface area contributed by atoms with E-state index in [1.54, 1.807) is 0 Å². The van der Waals surface area contributed by atoms with Crippen LogP contribution in [0.5, 0.6) is 0 Å². The molecule has 0 aromatic rings. The molecule has 8 heavy (non-hydrogen) atoms. The average molecular weight is 147 g/mol. The fraction of sp³-hybridized carbons (Fsp3) is 0.250. The van der Waals surface area contributed by atoms with E-state index in [9.17, 15) is 4.79 Å². The summed E-state index contributed by atoms with van der Waals surface area (Å²) >= 11 is 8.15. The lowest BCUT2D eigenvalue weighted by atomic mass is 10.5. The number of rotatable bonds is 2. The number of hydrogen-bond donors (Lipinski definition) is 1. The van der Waals surface area contributed by atoms with Crippen LogP contribution in [0.3, 0.4) is 0 Å². The van der Waals surface area contributed by atoms with E-state index in [2.05, 4.69) is 29.8 Å². The van der Waals surface area contributed by atoms with Gasteiger partial charge in [0.25, 0.3) is 0 Å². The van der Waals surface area contributed by atoms with Crippen LogP contribution in [0.25, 0.3) is 0 Å². The van der Waals surface area contributed by atoms with Crippen LogP contribution in [0.4, 0.5) is 0 Å². The highest BCUT2D eigenvalue weighted by atomic mass is 32.1. The molecule has 0 unspecified atom stereocenters. The van der Waals surface area contributed by atoms with Crippen LogP contribution in [0.2, 0.25) is 0 Å². The molecule has 0 amide bonds. The number of nitrogens with zero attached hydrogens (tertiary/aromatic N) is 1. The van der Waals surface area contributed by atoms with Gasteiger partial charge in [-0.25, -0.2) is 4.99 Å². The molecule has 0 N–H and O–H groups in total. The highest BCUT2D eigenvalue weighted by Gasteiger charge is 1.75. The van der Waals surface area contributed by atoms with Crippen molar-refractivity contribution in [3.63, 3.8) is 0 Å². The molecule has 0 aliphatic rings. The molecule has 44 valence electrons. The lowest BCUT2D eigenvalue weighted by Gasteiger charge is -1.76. The van der Waals surface area contributed by atoms with Crippen molar-refractivity contribution in [2.45, 2.75) is 6.42 Å². The quantitative estimate of drug-likeness (QED) is 0.272. The molecule has 0 atom stereocenters. The van der Waals surface area contributed by atoms with E-state index in [-0.39, 0.29) is 4.32 Å². The molecule has 0 aromatic carbocycles. The van der Waals surface area contributed by atoms with E-state index in [4.69, 9.17) is 0 Å². The van der Waals surface area contributed by atoms with Gasteiger partial charge < -0.3 is 4.79 Å². The van der Waals surface area contributed by atoms with Gasteiger partial charge in [-0.3, -0.25) is 0 Å². The fourth-order valence-corrected chi connectivity index (χ4v) is 0.330. The Morgan fingerprint density at radius 2 is 2.50 bits per heavy atom. The van der Waals surface area contributed by atoms with E-state index in [1.807, 2.05) is 0 Å². The summed E-state index contributed by atoms with van der Waals surface area (Å²) < 4.78 is 0.256. The molecule has 4 heteroatoms. The molecule has 0 heterocycles. The van der Waals surface area contributed by atoms with Crippen molar-refractivity contribution >= 4 is 41.7 Å². The highest BCUT2D eigenvalue weighted by Crippen LogP contribution is 1.82. The van der Waals surface area contributed by atoms with Gasteiger partial charge in [-0.15, -0.1) is 12.6 Å². The van der Waals surface area contributed by atoms with Crippen LogP contribution < -0.4 is 0 Å². The second-order valence-electron chi connectivity index (χ2n) is 0.997. The minimum Gasteiger partial charge on any atom is -0.303 e. The molecule has 2 nitrogen and oxygen atoms in total. The Balaban J connectivity index is 3.34. The Hall–Kier alpha value is -0.220. The van der Waals surface area contributed by atoms with Crippen molar-refractivity contribution in [1.29, 1.82) is 0 Å². The lowest BCUT2D eigenvalue weighted by Crippen LogP contribution is -1.78. The highest BCUT2D eigenvalue weighted by molar-refractivity contribution is 8.11. The van der Waals surface area contributed by atoms with E-state index >= 15 is 0 Å². The molecule has 0 bridgehead atoms. The van der Waals surface area contributed by atoms with E-state index in [0.29, 0.717) is 6.42 Å². The maximum absolute atomic E-state index is 9.63. The summed E-state index contributed by atoms with van der Waals surface area (Å²) in [6.07, 6.45) is 2.47. The lowest BCUT2D eigenvalue weighted by molar-refractivity contribution is -0.106. The molecule has 0 rings (SSSR count). The van der Waals surface area contributed by atoms with E-state index < -0.39 is 0 Å². The van der Waals surface area contributed by atoms with Crippen molar-refractivity contribution in [1.82, 2.24) is 0 Å². The smallest absolute Gasteiger partial charge is 0.156 e. The Labute approximate surface area is 58.4 Å². The first-order chi connectivity index (χ1) is 3.77. The summed E-state index contributed by atoms with van der Waals surface area (Å²) in [5.74, 6) is 0. The Morgan fingerprint density at radius 3 is 2.88 bits per heavy atom. The largest absolute Gasteiger partial charge is 0.303 e. The van der Waals surface area contributed by atoms with Crippen molar-refractivity contribution < 1.29 is 4.79 Å². The maximum Gasteiger partial charge on any atom is 0.156 e. The van der Waals surface area contributed by atoms with Gasteiger partial charge in [0.1, 0.15) is 6.29 Å². The SMILES string of the molecule is O=CCC=NC(=S)S. The number of carbonyl (C=O) groups is 1. The van der Waals surface area contributed by atoms with Gasteiger partial charge in [0.2, 0.25) is 0 Å². The third kappa shape index (κ3) is 5.78. The van der Waals surface area contributed by atoms with E-state index in [0.717, 1.165) is 6.29 Å². The number of hydrogen-bond acceptors (Lipinski definition) is 2. The third-order valence-electron chi connectivity index (χ3n) is 0.403. The van der Waals surface area contributed by atoms with Crippen molar-refractivity contribution in [2.24, 2.45) is 4.99 Å². The number of aliphatic imine (C=N–C) groups is 1. The fourth-order valence-electron chi connectivity index (χ4n) is 0.174. The summed E-state index contributed by atoms with van der Waals surface area (Å²) in [7, 11) is 0. The zero-order valence-corrected chi connectivity index (χ0v) is 5.78. The monoisotopic (exact) mass is 147 g/mol. The second-order valence-corrected chi connectivity index (χ2v) is 2.11. The zero-order valence-electron chi connectivity index (χ0n) is 4.07. The third-order valence-corrected chi connectivity index (χ3v) is 0.624. The molecule has 0 aliphatic carbocycles. The average Bonchev–Trinajstić information content (AvgIpc) is 1.66. The topological polar surface area (TPSA) is 29.4 Å². The Kier molecular flexibility index (Phi) is 4.79. The van der Waals surface area contributed by atoms with Gasteiger partial charge in [-0.1, -0.05) is 12.2 Å². The first-order valence-electron chi connectivity index (χ1n) is 1.96. The minimum atomic E-state index is 0.256. The standard InChI is InChI=1S/C4H5NOS2/c6-3-1-2-5-4(7)8/h2-3H,1H2,(H,7,8). The minimum absolute atomic E-state index is 0.256. The summed E-state index contributed by atoms with van der Waals surface area (Å²) in [6, 6.07) is 0. The van der Waals surface area contributed by atoms with Gasteiger partial charge in [-0.2, -0.15) is 0 Å². The van der Waals surface area contributed by atoms with Crippen molar-refractivity contribution in [2.75, 3.05) is 0 Å². The summed E-state index contributed by atoms with van der Waals surface area (Å²) in [6.45, 7) is 0. The zero-order chi connectivity index (χ0) is 6.41. The number of carbonyl (C=O) groups excluding carboxylic acids is 1. The van der Waals surface area contributed by atoms with Crippen LogP contribution in [0.15, 0.2) is 4.99 Å². The van der Waals surface area contributed by atoms with Gasteiger partial charge in [-0.05, 0) is 0 Å². The van der Waals surface area contributed by atoms with Crippen molar-refractivity contribution in [3.05, 3.63) is 0 Å². The molecular formula is C4H5NOS2. The van der Waals surface area contributed by atoms with Gasteiger partial charge in [0.05, 0.1) is 0 Å². The molecular weight excluding hydrogens is 142 g/mol. The predicted octanol–water partition coefficient (Wildman–Crippen LogP) is 0.861. The Morgan fingerprint density at radius 1 is 1.88 bits per heavy atom. The second kappa shape index (κ2) is 4.93. The van der Waals surface area contributed by atoms with Crippen molar-refractivity contribution in [3.8, 4) is 0 Å². The van der Waals surface area contributed by atoms with Crippen LogP contribution in [0.1, 0.15) is 6.42 Å². The number of aldehydes is 1. The molecule has 0 saturated heterocycles. The van der Waals surface area contributed by atoms with E-state index in [1.165, 1.54) is 6.21 Å². The molecule has 0 aliphatic heterocycles. The Bertz CT molecular complexity index is 121. The summed E-state index contributed by atoms with van der Waals surface area (Å²) in [5, 5.41) is 0. The number of thiocarbonyl (C=S) groups is 1. The first kappa shape index (κ1) is 7.78. The molecule has 0 aromatic heterocycles. The summed E-state index contributed by atoms with van der Waals surface area (Å²) in [5.41, 5.74) is 0. The van der Waals surface area contributed by atoms with Crippen LogP contribution in [-0.4, -0.2) is 16.8 Å². The maximum atomic E-state index is 9.63. The normalized spacial score (nSPS) is 9.62. The molecule has 0 fully saturated rings. The van der Waals surface area contributed by atoms with Crippen LogP contribution in [0, 0.1) is 0 Å². The van der Waals surface area contributed by atoms with Gasteiger partial charge >= 0.3 is 0 Å². The molecule has 0 saturated carbocycles. The predicted molar refractivity (Wildman–Crippen MR) is 40.8 cm³/mol. The van der Waals surface area contributed by atoms with Gasteiger partial charge in [0, 0.05) is 12.6 Å². The molecule has 0 radical (unpaired) electrons. The summed E-state index contributed by atoms with van der Waals surface area (Å²) in [4.78, 5) is 13.2. The molecule has 0 spiro atoms. The first-order valence-corrected chi connectivity index (χ1v) is 2.82.